The second-order valence-electron chi connectivity index (χ2n) is 6.45. The van der Waals surface area contributed by atoms with E-state index in [0.29, 0.717) is 0 Å². The van der Waals surface area contributed by atoms with Gasteiger partial charge in [0.2, 0.25) is 0 Å². The third kappa shape index (κ3) is 4.51. The average molecular weight is 233 g/mol. The Labute approximate surface area is 106 Å². The highest BCUT2D eigenvalue weighted by molar-refractivity contribution is 5.29. The Morgan fingerprint density at radius 3 is 1.94 bits per heavy atom. The Balaban J connectivity index is 2.67. The van der Waals surface area contributed by atoms with E-state index in [4.69, 9.17) is 5.73 Å². The summed E-state index contributed by atoms with van der Waals surface area (Å²) in [5.41, 5.74) is 9.06. The van der Waals surface area contributed by atoms with Gasteiger partial charge in [0.05, 0.1) is 0 Å². The molecule has 0 fully saturated rings. The van der Waals surface area contributed by atoms with Gasteiger partial charge in [0.15, 0.2) is 0 Å². The fourth-order valence-corrected chi connectivity index (χ4v) is 1.91. The first-order valence-corrected chi connectivity index (χ1v) is 6.66. The molecule has 0 aliphatic heterocycles. The molecule has 1 heteroatoms. The minimum atomic E-state index is 0.186. The zero-order valence-electron chi connectivity index (χ0n) is 12.0. The van der Waals surface area contributed by atoms with Crippen LogP contribution in [-0.4, -0.2) is 0 Å². The lowest BCUT2D eigenvalue weighted by molar-refractivity contribution is 0.507. The second-order valence-corrected chi connectivity index (χ2v) is 6.45. The third-order valence-electron chi connectivity index (χ3n) is 3.26. The maximum atomic E-state index is 6.20. The zero-order chi connectivity index (χ0) is 13.1. The van der Waals surface area contributed by atoms with Crippen LogP contribution in [0.25, 0.3) is 0 Å². The van der Waals surface area contributed by atoms with Gasteiger partial charge in [0, 0.05) is 6.04 Å². The Bertz CT molecular complexity index is 330. The van der Waals surface area contributed by atoms with Crippen molar-refractivity contribution in [1.82, 2.24) is 0 Å². The van der Waals surface area contributed by atoms with Gasteiger partial charge in [-0.05, 0) is 35.3 Å². The fourth-order valence-electron chi connectivity index (χ4n) is 1.91. The summed E-state index contributed by atoms with van der Waals surface area (Å²) in [5.74, 6) is 0.731. The van der Waals surface area contributed by atoms with Crippen LogP contribution in [0.5, 0.6) is 0 Å². The summed E-state index contributed by atoms with van der Waals surface area (Å²) in [6, 6.07) is 8.98. The highest BCUT2D eigenvalue weighted by Crippen LogP contribution is 2.25. The summed E-state index contributed by atoms with van der Waals surface area (Å²) in [6.07, 6.45) is 2.27. The van der Waals surface area contributed by atoms with Crippen molar-refractivity contribution >= 4 is 0 Å². The number of benzene rings is 1. The minimum absolute atomic E-state index is 0.186. The highest BCUT2D eigenvalue weighted by atomic mass is 14.6. The molecule has 0 radical (unpaired) electrons. The molecule has 0 aliphatic rings. The van der Waals surface area contributed by atoms with Crippen LogP contribution in [0.1, 0.15) is 64.6 Å². The molecule has 0 amide bonds. The molecule has 0 unspecified atom stereocenters. The highest BCUT2D eigenvalue weighted by Gasteiger charge is 2.14. The van der Waals surface area contributed by atoms with E-state index < -0.39 is 0 Å². The zero-order valence-corrected chi connectivity index (χ0v) is 12.0. The standard InChI is InChI=1S/C16H27N/c1-12(2)6-11-15(17)13-7-9-14(10-8-13)16(3,4)5/h7-10,12,15H,6,11,17H2,1-5H3/t15-/m0/s1. The number of rotatable bonds is 4. The van der Waals surface area contributed by atoms with E-state index in [1.807, 2.05) is 0 Å². The number of hydrogen-bond acceptors (Lipinski definition) is 1. The Kier molecular flexibility index (Phi) is 4.76. The Morgan fingerprint density at radius 2 is 1.53 bits per heavy atom. The van der Waals surface area contributed by atoms with E-state index >= 15 is 0 Å². The van der Waals surface area contributed by atoms with Crippen LogP contribution >= 0.6 is 0 Å². The van der Waals surface area contributed by atoms with Crippen molar-refractivity contribution in [1.29, 1.82) is 0 Å². The summed E-state index contributed by atoms with van der Waals surface area (Å²) in [7, 11) is 0. The first kappa shape index (κ1) is 14.2. The summed E-state index contributed by atoms with van der Waals surface area (Å²) < 4.78 is 0. The molecule has 96 valence electrons. The van der Waals surface area contributed by atoms with Gasteiger partial charge in [-0.2, -0.15) is 0 Å². The van der Waals surface area contributed by atoms with Crippen molar-refractivity contribution in [3.8, 4) is 0 Å². The second kappa shape index (κ2) is 5.68. The molecule has 0 saturated carbocycles. The smallest absolute Gasteiger partial charge is 0.0294 e. The molecule has 17 heavy (non-hydrogen) atoms. The first-order valence-electron chi connectivity index (χ1n) is 6.66. The van der Waals surface area contributed by atoms with E-state index in [0.717, 1.165) is 12.3 Å². The van der Waals surface area contributed by atoms with Gasteiger partial charge in [0.25, 0.3) is 0 Å². The maximum absolute atomic E-state index is 6.20. The quantitative estimate of drug-likeness (QED) is 0.818. The molecule has 2 N–H and O–H groups in total. The van der Waals surface area contributed by atoms with Crippen LogP contribution < -0.4 is 5.73 Å². The van der Waals surface area contributed by atoms with Crippen LogP contribution in [0.4, 0.5) is 0 Å². The van der Waals surface area contributed by atoms with Gasteiger partial charge in [-0.1, -0.05) is 58.9 Å². The molecular weight excluding hydrogens is 206 g/mol. The summed E-state index contributed by atoms with van der Waals surface area (Å²) in [5, 5.41) is 0. The van der Waals surface area contributed by atoms with Crippen LogP contribution in [0.3, 0.4) is 0 Å². The van der Waals surface area contributed by atoms with E-state index in [1.165, 1.54) is 17.5 Å². The lowest BCUT2D eigenvalue weighted by atomic mass is 9.86. The largest absolute Gasteiger partial charge is 0.324 e. The summed E-state index contributed by atoms with van der Waals surface area (Å²) in [6.45, 7) is 11.2. The van der Waals surface area contributed by atoms with Gasteiger partial charge >= 0.3 is 0 Å². The molecular formula is C16H27N. The monoisotopic (exact) mass is 233 g/mol. The molecule has 0 aliphatic carbocycles. The van der Waals surface area contributed by atoms with Crippen molar-refractivity contribution < 1.29 is 0 Å². The minimum Gasteiger partial charge on any atom is -0.324 e. The molecule has 1 rings (SSSR count). The number of hydrogen-bond donors (Lipinski definition) is 1. The van der Waals surface area contributed by atoms with Gasteiger partial charge < -0.3 is 5.73 Å². The molecule has 0 spiro atoms. The molecule has 1 aromatic carbocycles. The summed E-state index contributed by atoms with van der Waals surface area (Å²) >= 11 is 0. The van der Waals surface area contributed by atoms with Crippen molar-refractivity contribution in [2.24, 2.45) is 11.7 Å². The SMILES string of the molecule is CC(C)CC[C@H](N)c1ccc(C(C)(C)C)cc1. The predicted molar refractivity (Wildman–Crippen MR) is 76.1 cm³/mol. The van der Waals surface area contributed by atoms with Gasteiger partial charge in [-0.3, -0.25) is 0 Å². The van der Waals surface area contributed by atoms with Crippen molar-refractivity contribution in [3.63, 3.8) is 0 Å². The first-order chi connectivity index (χ1) is 7.80. The lowest BCUT2D eigenvalue weighted by Crippen LogP contribution is -2.13. The molecule has 1 aromatic rings. The Morgan fingerprint density at radius 1 is 1.00 bits per heavy atom. The molecule has 0 saturated heterocycles. The van der Waals surface area contributed by atoms with Gasteiger partial charge in [-0.15, -0.1) is 0 Å². The summed E-state index contributed by atoms with van der Waals surface area (Å²) in [4.78, 5) is 0. The van der Waals surface area contributed by atoms with E-state index in [2.05, 4.69) is 58.9 Å². The maximum Gasteiger partial charge on any atom is 0.0294 e. The molecule has 1 nitrogen and oxygen atoms in total. The van der Waals surface area contributed by atoms with Crippen LogP contribution in [0, 0.1) is 5.92 Å². The normalized spacial score (nSPS) is 14.1. The third-order valence-corrected chi connectivity index (χ3v) is 3.26. The van der Waals surface area contributed by atoms with Crippen LogP contribution in [-0.2, 0) is 5.41 Å². The van der Waals surface area contributed by atoms with E-state index in [9.17, 15) is 0 Å². The molecule has 0 heterocycles. The lowest BCUT2D eigenvalue weighted by Gasteiger charge is -2.20. The van der Waals surface area contributed by atoms with Crippen molar-refractivity contribution in [2.45, 2.75) is 58.9 Å². The van der Waals surface area contributed by atoms with E-state index in [1.54, 1.807) is 0 Å². The molecule has 1 atom stereocenters. The van der Waals surface area contributed by atoms with Crippen molar-refractivity contribution in [2.75, 3.05) is 0 Å². The fraction of sp³-hybridized carbons (Fsp3) is 0.625. The van der Waals surface area contributed by atoms with E-state index in [-0.39, 0.29) is 11.5 Å². The van der Waals surface area contributed by atoms with Gasteiger partial charge in [0.1, 0.15) is 0 Å². The molecule has 0 bridgehead atoms. The van der Waals surface area contributed by atoms with Crippen LogP contribution in [0.15, 0.2) is 24.3 Å². The Hall–Kier alpha value is -0.820. The average Bonchev–Trinajstić information content (AvgIpc) is 2.25. The topological polar surface area (TPSA) is 26.0 Å². The molecule has 0 aromatic heterocycles. The van der Waals surface area contributed by atoms with Gasteiger partial charge in [-0.25, -0.2) is 0 Å². The predicted octanol–water partition coefficient (Wildman–Crippen LogP) is 4.42. The van der Waals surface area contributed by atoms with Crippen LogP contribution in [0.2, 0.25) is 0 Å². The number of nitrogens with two attached hydrogens (primary N) is 1. The van der Waals surface area contributed by atoms with Crippen molar-refractivity contribution in [3.05, 3.63) is 35.4 Å².